The predicted molar refractivity (Wildman–Crippen MR) is 54.9 cm³/mol. The Labute approximate surface area is 82.9 Å². The molecule has 0 aromatic carbocycles. The van der Waals surface area contributed by atoms with E-state index in [4.69, 9.17) is 9.79 Å². The zero-order valence-electron chi connectivity index (χ0n) is 8.31. The molecule has 0 spiro atoms. The Bertz CT molecular complexity index is 215. The Morgan fingerprint density at radius 3 is 1.85 bits per heavy atom. The van der Waals surface area contributed by atoms with Gasteiger partial charge in [-0.2, -0.15) is 11.8 Å². The highest BCUT2D eigenvalue weighted by Gasteiger charge is 2.41. The molecule has 0 aliphatic rings. The average Bonchev–Trinajstić information content (AvgIpc) is 1.79. The molecule has 0 rings (SSSR count). The monoisotopic (exact) mass is 228 g/mol. The summed E-state index contributed by atoms with van der Waals surface area (Å²) in [4.78, 5) is 17.6. The Kier molecular flexibility index (Phi) is 4.05. The maximum Gasteiger partial charge on any atom is 0.357 e. The van der Waals surface area contributed by atoms with Gasteiger partial charge in [0.15, 0.2) is 5.34 Å². The van der Waals surface area contributed by atoms with Gasteiger partial charge in [0.2, 0.25) is 0 Å². The number of thioether (sulfide) groups is 1. The molecule has 80 valence electrons. The molecule has 4 nitrogen and oxygen atoms in total. The van der Waals surface area contributed by atoms with E-state index in [1.165, 1.54) is 11.8 Å². The molecule has 0 amide bonds. The van der Waals surface area contributed by atoms with E-state index < -0.39 is 12.9 Å². The molecule has 0 heterocycles. The lowest BCUT2D eigenvalue weighted by Gasteiger charge is -2.27. The van der Waals surface area contributed by atoms with Crippen LogP contribution in [0.5, 0.6) is 0 Å². The van der Waals surface area contributed by atoms with Gasteiger partial charge in [-0.3, -0.25) is 4.57 Å². The van der Waals surface area contributed by atoms with Crippen LogP contribution in [0, 0.1) is 0 Å². The highest BCUT2D eigenvalue weighted by Crippen LogP contribution is 2.50. The summed E-state index contributed by atoms with van der Waals surface area (Å²) in [5.41, 5.74) is 0. The third-order valence-corrected chi connectivity index (χ3v) is 4.61. The Hall–Kier alpha value is 0.460. The minimum atomic E-state index is -4.42. The molecule has 0 aromatic heterocycles. The predicted octanol–water partition coefficient (Wildman–Crippen LogP) is 1.40. The molecule has 0 radical (unpaired) electrons. The van der Waals surface area contributed by atoms with E-state index in [9.17, 15) is 9.67 Å². The summed E-state index contributed by atoms with van der Waals surface area (Å²) in [5, 5.41) is 7.50. The largest absolute Gasteiger partial charge is 0.377 e. The van der Waals surface area contributed by atoms with Gasteiger partial charge >= 0.3 is 7.60 Å². The van der Waals surface area contributed by atoms with Gasteiger partial charge in [-0.05, 0) is 6.92 Å². The first kappa shape index (κ1) is 13.5. The first-order valence-corrected chi connectivity index (χ1v) is 6.47. The highest BCUT2D eigenvalue weighted by molar-refractivity contribution is 8.00. The van der Waals surface area contributed by atoms with Crippen LogP contribution in [0.2, 0.25) is 0 Å². The van der Waals surface area contributed by atoms with Crippen molar-refractivity contribution in [3.63, 3.8) is 0 Å². The maximum atomic E-state index is 10.8. The fraction of sp³-hybridized carbons (Fsp3) is 1.00. The summed E-state index contributed by atoms with van der Waals surface area (Å²) in [6.07, 6.45) is 0. The van der Waals surface area contributed by atoms with Crippen LogP contribution in [0.4, 0.5) is 0 Å². The summed E-state index contributed by atoms with van der Waals surface area (Å²) in [7, 11) is -4.42. The van der Waals surface area contributed by atoms with Crippen molar-refractivity contribution >= 4 is 19.4 Å². The molecule has 0 fully saturated rings. The summed E-state index contributed by atoms with van der Waals surface area (Å²) in [6.45, 7) is 6.93. The molecule has 0 aliphatic heterocycles. The van der Waals surface area contributed by atoms with E-state index in [1.807, 2.05) is 20.8 Å². The summed E-state index contributed by atoms with van der Waals surface area (Å²) < 4.78 is 10.7. The van der Waals surface area contributed by atoms with Crippen LogP contribution in [0.1, 0.15) is 27.7 Å². The Balaban J connectivity index is 4.29. The second-order valence-electron chi connectivity index (χ2n) is 4.16. The molecule has 0 aromatic rings. The van der Waals surface area contributed by atoms with E-state index in [1.54, 1.807) is 0 Å². The molecular formula is C7H17O4PS. The van der Waals surface area contributed by atoms with E-state index in [0.29, 0.717) is 0 Å². The molecule has 0 aliphatic carbocycles. The molecule has 3 N–H and O–H groups in total. The van der Waals surface area contributed by atoms with Crippen molar-refractivity contribution in [3.8, 4) is 0 Å². The second kappa shape index (κ2) is 3.91. The van der Waals surface area contributed by atoms with Crippen molar-refractivity contribution in [2.75, 3.05) is 5.75 Å². The van der Waals surface area contributed by atoms with Crippen molar-refractivity contribution in [2.24, 2.45) is 0 Å². The summed E-state index contributed by atoms with van der Waals surface area (Å²) >= 11 is 1.33. The zero-order chi connectivity index (χ0) is 10.9. The van der Waals surface area contributed by atoms with Crippen molar-refractivity contribution < 1.29 is 19.5 Å². The summed E-state index contributed by atoms with van der Waals surface area (Å²) in [5.74, 6) is 0.0285. The Morgan fingerprint density at radius 2 is 1.62 bits per heavy atom. The van der Waals surface area contributed by atoms with Crippen molar-refractivity contribution in [1.82, 2.24) is 0 Å². The van der Waals surface area contributed by atoms with Gasteiger partial charge in [0, 0.05) is 10.5 Å². The fourth-order valence-electron chi connectivity index (χ4n) is 0.437. The minimum Gasteiger partial charge on any atom is -0.377 e. The second-order valence-corrected chi connectivity index (χ2v) is 8.02. The Morgan fingerprint density at radius 1 is 1.23 bits per heavy atom. The molecule has 0 saturated heterocycles. The minimum absolute atomic E-state index is 0.0285. The highest BCUT2D eigenvalue weighted by atomic mass is 32.2. The van der Waals surface area contributed by atoms with Gasteiger partial charge in [-0.15, -0.1) is 0 Å². The fourth-order valence-corrected chi connectivity index (χ4v) is 2.01. The molecule has 6 heteroatoms. The maximum absolute atomic E-state index is 10.8. The third kappa shape index (κ3) is 5.03. The molecule has 13 heavy (non-hydrogen) atoms. The van der Waals surface area contributed by atoms with Gasteiger partial charge < -0.3 is 14.9 Å². The molecule has 1 unspecified atom stereocenters. The molecule has 0 saturated carbocycles. The SMILES string of the molecule is CC(C)(C)SCC(C)(O)P(=O)(O)O. The molecule has 1 atom stereocenters. The van der Waals surface area contributed by atoms with E-state index >= 15 is 0 Å². The zero-order valence-corrected chi connectivity index (χ0v) is 10.0. The van der Waals surface area contributed by atoms with Crippen LogP contribution in [0.3, 0.4) is 0 Å². The van der Waals surface area contributed by atoms with Crippen LogP contribution >= 0.6 is 19.4 Å². The number of aliphatic hydroxyl groups is 1. The van der Waals surface area contributed by atoms with E-state index in [0.717, 1.165) is 6.92 Å². The standard InChI is InChI=1S/C7H17O4PS/c1-6(2,3)13-5-7(4,8)12(9,10)11/h8H,5H2,1-4H3,(H2,9,10,11). The average molecular weight is 228 g/mol. The molecular weight excluding hydrogens is 211 g/mol. The van der Waals surface area contributed by atoms with Crippen molar-refractivity contribution in [3.05, 3.63) is 0 Å². The first-order valence-electron chi connectivity index (χ1n) is 3.88. The van der Waals surface area contributed by atoms with Crippen LogP contribution in [-0.2, 0) is 4.57 Å². The smallest absolute Gasteiger partial charge is 0.357 e. The van der Waals surface area contributed by atoms with Crippen molar-refractivity contribution in [1.29, 1.82) is 0 Å². The number of hydrogen-bond acceptors (Lipinski definition) is 3. The lowest BCUT2D eigenvalue weighted by molar-refractivity contribution is 0.131. The van der Waals surface area contributed by atoms with Gasteiger partial charge in [-0.25, -0.2) is 0 Å². The lowest BCUT2D eigenvalue weighted by Crippen LogP contribution is -2.29. The van der Waals surface area contributed by atoms with E-state index in [2.05, 4.69) is 0 Å². The number of hydrogen-bond donors (Lipinski definition) is 3. The van der Waals surface area contributed by atoms with Gasteiger partial charge in [0.05, 0.1) is 0 Å². The quantitative estimate of drug-likeness (QED) is 0.636. The van der Waals surface area contributed by atoms with Crippen LogP contribution in [0.25, 0.3) is 0 Å². The van der Waals surface area contributed by atoms with Crippen LogP contribution in [-0.4, -0.2) is 30.7 Å². The third-order valence-electron chi connectivity index (χ3n) is 1.41. The lowest BCUT2D eigenvalue weighted by atomic mass is 10.3. The van der Waals surface area contributed by atoms with Crippen molar-refractivity contribution in [2.45, 2.75) is 37.8 Å². The van der Waals surface area contributed by atoms with Gasteiger partial charge in [-0.1, -0.05) is 20.8 Å². The van der Waals surface area contributed by atoms with Crippen LogP contribution in [0.15, 0.2) is 0 Å². The molecule has 0 bridgehead atoms. The first-order chi connectivity index (χ1) is 5.46. The topological polar surface area (TPSA) is 77.8 Å². The van der Waals surface area contributed by atoms with Crippen LogP contribution < -0.4 is 0 Å². The van der Waals surface area contributed by atoms with Gasteiger partial charge in [0.1, 0.15) is 0 Å². The number of rotatable bonds is 3. The van der Waals surface area contributed by atoms with E-state index in [-0.39, 0.29) is 10.5 Å². The normalized spacial score (nSPS) is 18.4. The van der Waals surface area contributed by atoms with Gasteiger partial charge in [0.25, 0.3) is 0 Å². The summed E-state index contributed by atoms with van der Waals surface area (Å²) in [6, 6.07) is 0.